The van der Waals surface area contributed by atoms with Crippen molar-refractivity contribution in [2.75, 3.05) is 6.54 Å². The molecule has 0 amide bonds. The fraction of sp³-hybridized carbons (Fsp3) is 0.625. The van der Waals surface area contributed by atoms with E-state index >= 15 is 0 Å². The Balaban J connectivity index is 3.32. The summed E-state index contributed by atoms with van der Waals surface area (Å²) < 4.78 is 0. The molecule has 0 heterocycles. The lowest BCUT2D eigenvalue weighted by molar-refractivity contribution is 0.586. The number of hydrogen-bond donors (Lipinski definition) is 1. The summed E-state index contributed by atoms with van der Waals surface area (Å²) in [5, 5.41) is 11.5. The lowest BCUT2D eigenvalue weighted by Crippen LogP contribution is -2.26. The van der Waals surface area contributed by atoms with Gasteiger partial charge in [0.1, 0.15) is 0 Å². The van der Waals surface area contributed by atoms with E-state index in [1.807, 2.05) is 13.8 Å². The molecule has 10 heavy (non-hydrogen) atoms. The molecule has 0 aliphatic rings. The molecule has 0 aromatic rings. The first kappa shape index (κ1) is 9.19. The molecule has 0 rings (SSSR count). The second-order valence-electron chi connectivity index (χ2n) is 2.60. The van der Waals surface area contributed by atoms with E-state index in [4.69, 9.17) is 5.26 Å². The van der Waals surface area contributed by atoms with E-state index in [1.54, 1.807) is 0 Å². The molecule has 0 aliphatic heterocycles. The van der Waals surface area contributed by atoms with E-state index in [0.29, 0.717) is 6.42 Å². The molecule has 1 unspecified atom stereocenters. The molecule has 56 valence electrons. The normalized spacial score (nSPS) is 12.1. The van der Waals surface area contributed by atoms with E-state index in [1.165, 1.54) is 0 Å². The Morgan fingerprint density at radius 1 is 1.80 bits per heavy atom. The van der Waals surface area contributed by atoms with Crippen molar-refractivity contribution in [3.05, 3.63) is 12.2 Å². The molecule has 0 saturated carbocycles. The fourth-order valence-electron chi connectivity index (χ4n) is 0.558. The first-order chi connectivity index (χ1) is 4.66. The predicted molar refractivity (Wildman–Crippen MR) is 42.5 cm³/mol. The quantitative estimate of drug-likeness (QED) is 0.597. The molecule has 0 aromatic heterocycles. The zero-order chi connectivity index (χ0) is 7.98. The van der Waals surface area contributed by atoms with Crippen LogP contribution in [0, 0.1) is 11.3 Å². The highest BCUT2D eigenvalue weighted by molar-refractivity contribution is 4.92. The summed E-state index contributed by atoms with van der Waals surface area (Å²) in [6.45, 7) is 8.51. The average Bonchev–Trinajstić information content (AvgIpc) is 1.85. The molecule has 0 saturated heterocycles. The molecule has 1 N–H and O–H groups in total. The van der Waals surface area contributed by atoms with Gasteiger partial charge in [-0.3, -0.25) is 0 Å². The lowest BCUT2D eigenvalue weighted by Gasteiger charge is -2.08. The highest BCUT2D eigenvalue weighted by atomic mass is 14.9. The van der Waals surface area contributed by atoms with E-state index in [-0.39, 0.29) is 6.04 Å². The molecular formula is C8H14N2. The Bertz CT molecular complexity index is 144. The van der Waals surface area contributed by atoms with Crippen molar-refractivity contribution in [3.8, 4) is 6.07 Å². The van der Waals surface area contributed by atoms with Gasteiger partial charge in [0, 0.05) is 12.6 Å². The molecule has 0 fully saturated rings. The highest BCUT2D eigenvalue weighted by Crippen LogP contribution is 1.89. The molecule has 1 atom stereocenters. The van der Waals surface area contributed by atoms with Gasteiger partial charge in [0.2, 0.25) is 0 Å². The minimum Gasteiger partial charge on any atom is -0.310 e. The summed E-state index contributed by atoms with van der Waals surface area (Å²) in [4.78, 5) is 0. The highest BCUT2D eigenvalue weighted by Gasteiger charge is 1.97. The maximum atomic E-state index is 8.29. The average molecular weight is 138 g/mol. The van der Waals surface area contributed by atoms with Crippen molar-refractivity contribution >= 4 is 0 Å². The van der Waals surface area contributed by atoms with Gasteiger partial charge in [0.25, 0.3) is 0 Å². The summed E-state index contributed by atoms with van der Waals surface area (Å²) in [5.74, 6) is 0. The summed E-state index contributed by atoms with van der Waals surface area (Å²) in [6.07, 6.45) is 0.563. The number of nitrogens with zero attached hydrogens (tertiary/aromatic N) is 1. The first-order valence-electron chi connectivity index (χ1n) is 3.41. The third-order valence-electron chi connectivity index (χ3n) is 1.15. The topological polar surface area (TPSA) is 35.8 Å². The maximum Gasteiger partial charge on any atom is 0.0638 e. The lowest BCUT2D eigenvalue weighted by atomic mass is 10.2. The second-order valence-corrected chi connectivity index (χ2v) is 2.60. The summed E-state index contributed by atoms with van der Waals surface area (Å²) >= 11 is 0. The van der Waals surface area contributed by atoms with Crippen LogP contribution in [0.1, 0.15) is 20.3 Å². The molecule has 2 heteroatoms. The van der Waals surface area contributed by atoms with Crippen LogP contribution in [0.4, 0.5) is 0 Å². The van der Waals surface area contributed by atoms with Crippen LogP contribution in [0.5, 0.6) is 0 Å². The zero-order valence-corrected chi connectivity index (χ0v) is 6.65. The first-order valence-corrected chi connectivity index (χ1v) is 3.41. The van der Waals surface area contributed by atoms with Gasteiger partial charge in [-0.25, -0.2) is 0 Å². The third-order valence-corrected chi connectivity index (χ3v) is 1.15. The Hall–Kier alpha value is -0.810. The van der Waals surface area contributed by atoms with Gasteiger partial charge in [-0.05, 0) is 13.8 Å². The van der Waals surface area contributed by atoms with Crippen molar-refractivity contribution in [1.29, 1.82) is 5.26 Å². The standard InChI is InChI=1S/C8H14N2/c1-7(2)6-10-8(3)4-5-9/h8,10H,1,4,6H2,2-3H3. The fourth-order valence-corrected chi connectivity index (χ4v) is 0.558. The molecule has 0 radical (unpaired) electrons. The van der Waals surface area contributed by atoms with E-state index in [2.05, 4.69) is 18.0 Å². The van der Waals surface area contributed by atoms with E-state index in [9.17, 15) is 0 Å². The Morgan fingerprint density at radius 3 is 2.80 bits per heavy atom. The Morgan fingerprint density at radius 2 is 2.40 bits per heavy atom. The van der Waals surface area contributed by atoms with Crippen molar-refractivity contribution in [2.24, 2.45) is 0 Å². The molecular weight excluding hydrogens is 124 g/mol. The van der Waals surface area contributed by atoms with Gasteiger partial charge < -0.3 is 5.32 Å². The minimum atomic E-state index is 0.279. The van der Waals surface area contributed by atoms with Crippen molar-refractivity contribution in [2.45, 2.75) is 26.3 Å². The minimum absolute atomic E-state index is 0.279. The van der Waals surface area contributed by atoms with Crippen LogP contribution in [0.15, 0.2) is 12.2 Å². The van der Waals surface area contributed by atoms with E-state index < -0.39 is 0 Å². The van der Waals surface area contributed by atoms with Crippen molar-refractivity contribution in [1.82, 2.24) is 5.32 Å². The van der Waals surface area contributed by atoms with Gasteiger partial charge in [-0.15, -0.1) is 0 Å². The number of hydrogen-bond acceptors (Lipinski definition) is 2. The largest absolute Gasteiger partial charge is 0.310 e. The Kier molecular flexibility index (Phi) is 4.61. The van der Waals surface area contributed by atoms with Gasteiger partial charge in [-0.2, -0.15) is 5.26 Å². The molecule has 0 aromatic carbocycles. The molecule has 2 nitrogen and oxygen atoms in total. The molecule has 0 spiro atoms. The SMILES string of the molecule is C=C(C)CNC(C)CC#N. The van der Waals surface area contributed by atoms with Crippen LogP contribution in [0.3, 0.4) is 0 Å². The zero-order valence-electron chi connectivity index (χ0n) is 6.65. The van der Waals surface area contributed by atoms with Gasteiger partial charge in [-0.1, -0.05) is 12.2 Å². The van der Waals surface area contributed by atoms with Crippen LogP contribution in [-0.4, -0.2) is 12.6 Å². The number of nitriles is 1. The predicted octanol–water partition coefficient (Wildman–Crippen LogP) is 1.45. The second kappa shape index (κ2) is 5.01. The van der Waals surface area contributed by atoms with Crippen LogP contribution < -0.4 is 5.32 Å². The van der Waals surface area contributed by atoms with Gasteiger partial charge in [0.05, 0.1) is 12.5 Å². The van der Waals surface area contributed by atoms with Crippen LogP contribution in [-0.2, 0) is 0 Å². The Labute approximate surface area is 62.5 Å². The van der Waals surface area contributed by atoms with Crippen LogP contribution >= 0.6 is 0 Å². The van der Waals surface area contributed by atoms with E-state index in [0.717, 1.165) is 12.1 Å². The van der Waals surface area contributed by atoms with Gasteiger partial charge >= 0.3 is 0 Å². The third kappa shape index (κ3) is 5.33. The van der Waals surface area contributed by atoms with Crippen LogP contribution in [0.2, 0.25) is 0 Å². The summed E-state index contributed by atoms with van der Waals surface area (Å²) in [6, 6.07) is 2.38. The molecule has 0 bridgehead atoms. The monoisotopic (exact) mass is 138 g/mol. The van der Waals surface area contributed by atoms with Crippen molar-refractivity contribution < 1.29 is 0 Å². The summed E-state index contributed by atoms with van der Waals surface area (Å²) in [7, 11) is 0. The smallest absolute Gasteiger partial charge is 0.0638 e. The molecule has 0 aliphatic carbocycles. The summed E-state index contributed by atoms with van der Waals surface area (Å²) in [5.41, 5.74) is 1.10. The number of rotatable bonds is 4. The van der Waals surface area contributed by atoms with Crippen LogP contribution in [0.25, 0.3) is 0 Å². The number of nitrogens with one attached hydrogen (secondary N) is 1. The maximum absolute atomic E-state index is 8.29. The van der Waals surface area contributed by atoms with Crippen molar-refractivity contribution in [3.63, 3.8) is 0 Å². The van der Waals surface area contributed by atoms with Gasteiger partial charge in [0.15, 0.2) is 0 Å².